The van der Waals surface area contributed by atoms with Crippen molar-refractivity contribution in [2.75, 3.05) is 13.7 Å². The molecule has 112 valence electrons. The average molecular weight is 298 g/mol. The zero-order chi connectivity index (χ0) is 15.3. The van der Waals surface area contributed by atoms with Crippen molar-refractivity contribution in [3.8, 4) is 0 Å². The van der Waals surface area contributed by atoms with Gasteiger partial charge in [-0.3, -0.25) is 4.79 Å². The lowest BCUT2D eigenvalue weighted by atomic mass is 10.0. The third-order valence-corrected chi connectivity index (χ3v) is 3.79. The van der Waals surface area contributed by atoms with Crippen molar-refractivity contribution in [1.82, 2.24) is 9.88 Å². The minimum absolute atomic E-state index is 0.134. The molecule has 1 unspecified atom stereocenters. The number of hydrogen-bond acceptors (Lipinski definition) is 5. The molecule has 0 saturated carbocycles. The van der Waals surface area contributed by atoms with E-state index in [1.165, 1.54) is 0 Å². The lowest BCUT2D eigenvalue weighted by Crippen LogP contribution is -2.36. The van der Waals surface area contributed by atoms with Gasteiger partial charge in [-0.05, 0) is 26.2 Å². The maximum atomic E-state index is 12.3. The number of rotatable bonds is 6. The van der Waals surface area contributed by atoms with E-state index >= 15 is 0 Å². The highest BCUT2D eigenvalue weighted by molar-refractivity contribution is 7.11. The third-order valence-electron chi connectivity index (χ3n) is 2.97. The van der Waals surface area contributed by atoms with Gasteiger partial charge in [0, 0.05) is 18.5 Å². The van der Waals surface area contributed by atoms with Crippen LogP contribution in [0.15, 0.2) is 5.38 Å². The van der Waals surface area contributed by atoms with E-state index in [9.17, 15) is 9.59 Å². The summed E-state index contributed by atoms with van der Waals surface area (Å²) >= 11 is 1.14. The van der Waals surface area contributed by atoms with Crippen LogP contribution in [0.2, 0.25) is 0 Å². The van der Waals surface area contributed by atoms with E-state index in [0.717, 1.165) is 17.8 Å². The molecule has 0 aliphatic heterocycles. The van der Waals surface area contributed by atoms with Crippen molar-refractivity contribution in [2.45, 2.75) is 40.2 Å². The molecule has 1 atom stereocenters. The Bertz CT molecular complexity index is 471. The quantitative estimate of drug-likeness (QED) is 0.758. The number of amides is 1. The van der Waals surface area contributed by atoms with Gasteiger partial charge in [0.1, 0.15) is 5.69 Å². The Morgan fingerprint density at radius 3 is 2.60 bits per heavy atom. The molecule has 0 fully saturated rings. The van der Waals surface area contributed by atoms with Crippen LogP contribution < -0.4 is 0 Å². The third kappa shape index (κ3) is 4.30. The Morgan fingerprint density at radius 2 is 2.05 bits per heavy atom. The highest BCUT2D eigenvalue weighted by Gasteiger charge is 2.22. The van der Waals surface area contributed by atoms with E-state index in [4.69, 9.17) is 4.74 Å². The molecule has 5 nitrogen and oxygen atoms in total. The van der Waals surface area contributed by atoms with Crippen molar-refractivity contribution in [3.05, 3.63) is 16.1 Å². The van der Waals surface area contributed by atoms with Crippen molar-refractivity contribution in [2.24, 2.45) is 5.92 Å². The number of thiazole rings is 1. The molecule has 1 aromatic rings. The summed E-state index contributed by atoms with van der Waals surface area (Å²) in [5, 5.41) is 1.83. The highest BCUT2D eigenvalue weighted by atomic mass is 32.1. The van der Waals surface area contributed by atoms with Crippen LogP contribution in [0.5, 0.6) is 0 Å². The molecular formula is C14H22N2O3S. The SMILES string of the molecule is CCOC(=O)c1nc(C(=O)N(C)C(C)CC(C)C)cs1. The van der Waals surface area contributed by atoms with Crippen LogP contribution in [-0.2, 0) is 4.74 Å². The normalized spacial score (nSPS) is 12.3. The maximum absolute atomic E-state index is 12.3. The minimum atomic E-state index is -0.477. The molecular weight excluding hydrogens is 276 g/mol. The summed E-state index contributed by atoms with van der Waals surface area (Å²) in [4.78, 5) is 29.5. The molecule has 6 heteroatoms. The van der Waals surface area contributed by atoms with Gasteiger partial charge in [-0.1, -0.05) is 13.8 Å². The number of nitrogens with zero attached hydrogens (tertiary/aromatic N) is 2. The largest absolute Gasteiger partial charge is 0.461 e. The second-order valence-electron chi connectivity index (χ2n) is 5.15. The molecule has 0 aliphatic rings. The van der Waals surface area contributed by atoms with Gasteiger partial charge >= 0.3 is 5.97 Å². The molecule has 0 aromatic carbocycles. The molecule has 1 rings (SSSR count). The Morgan fingerprint density at radius 1 is 1.40 bits per heavy atom. The molecule has 1 amide bonds. The van der Waals surface area contributed by atoms with Crippen molar-refractivity contribution < 1.29 is 14.3 Å². The topological polar surface area (TPSA) is 59.5 Å². The van der Waals surface area contributed by atoms with Crippen LogP contribution in [0.3, 0.4) is 0 Å². The fourth-order valence-corrected chi connectivity index (χ4v) is 2.56. The van der Waals surface area contributed by atoms with Gasteiger partial charge in [0.2, 0.25) is 5.01 Å². The highest BCUT2D eigenvalue weighted by Crippen LogP contribution is 2.16. The van der Waals surface area contributed by atoms with Crippen LogP contribution in [0.4, 0.5) is 0 Å². The van der Waals surface area contributed by atoms with Crippen LogP contribution in [0.1, 0.15) is 54.4 Å². The first-order chi connectivity index (χ1) is 9.36. The van der Waals surface area contributed by atoms with E-state index in [-0.39, 0.29) is 17.0 Å². The first-order valence-electron chi connectivity index (χ1n) is 6.76. The zero-order valence-electron chi connectivity index (χ0n) is 12.7. The second kappa shape index (κ2) is 7.38. The summed E-state index contributed by atoms with van der Waals surface area (Å²) in [6.07, 6.45) is 0.928. The van der Waals surface area contributed by atoms with Gasteiger partial charge in [-0.2, -0.15) is 0 Å². The summed E-state index contributed by atoms with van der Waals surface area (Å²) in [5.74, 6) is -0.120. The lowest BCUT2D eigenvalue weighted by Gasteiger charge is -2.25. The molecule has 0 N–H and O–H groups in total. The summed E-state index contributed by atoms with van der Waals surface area (Å²) in [5.41, 5.74) is 0.302. The van der Waals surface area contributed by atoms with Crippen molar-refractivity contribution in [3.63, 3.8) is 0 Å². The van der Waals surface area contributed by atoms with Gasteiger partial charge in [-0.15, -0.1) is 11.3 Å². The van der Waals surface area contributed by atoms with E-state index in [2.05, 4.69) is 18.8 Å². The smallest absolute Gasteiger partial charge is 0.367 e. The summed E-state index contributed by atoms with van der Waals surface area (Å²) < 4.78 is 4.87. The first kappa shape index (κ1) is 16.6. The summed E-state index contributed by atoms with van der Waals surface area (Å²) in [6.45, 7) is 8.29. The molecule has 1 aromatic heterocycles. The van der Waals surface area contributed by atoms with Gasteiger partial charge in [0.15, 0.2) is 0 Å². The summed E-state index contributed by atoms with van der Waals surface area (Å²) in [7, 11) is 1.76. The fraction of sp³-hybridized carbons (Fsp3) is 0.643. The molecule has 0 aliphatic carbocycles. The number of esters is 1. The standard InChI is InChI=1S/C14H22N2O3S/c1-6-19-14(18)12-15-11(8-20-12)13(17)16(5)10(4)7-9(2)3/h8-10H,6-7H2,1-5H3. The molecule has 1 heterocycles. The van der Waals surface area contributed by atoms with Gasteiger partial charge in [0.05, 0.1) is 6.61 Å². The Kier molecular flexibility index (Phi) is 6.13. The number of ether oxygens (including phenoxy) is 1. The minimum Gasteiger partial charge on any atom is -0.461 e. The van der Waals surface area contributed by atoms with Crippen molar-refractivity contribution >= 4 is 23.2 Å². The van der Waals surface area contributed by atoms with Gasteiger partial charge in [0.25, 0.3) is 5.91 Å². The zero-order valence-corrected chi connectivity index (χ0v) is 13.5. The molecule has 0 spiro atoms. The maximum Gasteiger partial charge on any atom is 0.367 e. The van der Waals surface area contributed by atoms with Crippen LogP contribution in [0.25, 0.3) is 0 Å². The molecule has 20 heavy (non-hydrogen) atoms. The fourth-order valence-electron chi connectivity index (χ4n) is 1.88. The van der Waals surface area contributed by atoms with Gasteiger partial charge < -0.3 is 9.64 Å². The Hall–Kier alpha value is -1.43. The molecule has 0 bridgehead atoms. The van der Waals surface area contributed by atoms with Crippen LogP contribution >= 0.6 is 11.3 Å². The van der Waals surface area contributed by atoms with Crippen molar-refractivity contribution in [1.29, 1.82) is 0 Å². The number of carbonyl (C=O) groups is 2. The first-order valence-corrected chi connectivity index (χ1v) is 7.64. The predicted molar refractivity (Wildman–Crippen MR) is 79.1 cm³/mol. The lowest BCUT2D eigenvalue weighted by molar-refractivity contribution is 0.0526. The molecule has 0 saturated heterocycles. The molecule has 0 radical (unpaired) electrons. The number of aromatic nitrogens is 1. The van der Waals surface area contributed by atoms with E-state index in [1.54, 1.807) is 24.3 Å². The Balaban J connectivity index is 2.75. The monoisotopic (exact) mass is 298 g/mol. The second-order valence-corrected chi connectivity index (χ2v) is 6.01. The van der Waals surface area contributed by atoms with Gasteiger partial charge in [-0.25, -0.2) is 9.78 Å². The number of hydrogen-bond donors (Lipinski definition) is 0. The number of carbonyl (C=O) groups excluding carboxylic acids is 2. The average Bonchev–Trinajstić information content (AvgIpc) is 2.86. The van der Waals surface area contributed by atoms with Crippen LogP contribution in [0, 0.1) is 5.92 Å². The predicted octanol–water partition coefficient (Wildman–Crippen LogP) is 2.83. The van der Waals surface area contributed by atoms with E-state index in [0.29, 0.717) is 18.2 Å². The summed E-state index contributed by atoms with van der Waals surface area (Å²) in [6, 6.07) is 0.134. The van der Waals surface area contributed by atoms with E-state index in [1.807, 2.05) is 6.92 Å². The van der Waals surface area contributed by atoms with E-state index < -0.39 is 5.97 Å². The Labute approximate surface area is 124 Å². The van der Waals surface area contributed by atoms with Crippen LogP contribution in [-0.4, -0.2) is 41.5 Å².